The summed E-state index contributed by atoms with van der Waals surface area (Å²) in [4.78, 5) is 33.8. The quantitative estimate of drug-likeness (QED) is 0.533. The van der Waals surface area contributed by atoms with Gasteiger partial charge < -0.3 is 5.11 Å². The second-order valence-corrected chi connectivity index (χ2v) is 10.8. The molecule has 0 aromatic carbocycles. The van der Waals surface area contributed by atoms with E-state index in [1.807, 2.05) is 6.08 Å². The lowest BCUT2D eigenvalue weighted by atomic mass is 9.48. The van der Waals surface area contributed by atoms with Crippen LogP contribution in [0.3, 0.4) is 0 Å². The highest BCUT2D eigenvalue weighted by atomic mass is 16.4. The molecule has 4 aliphatic carbocycles. The molecule has 4 nitrogen and oxygen atoms in total. The first-order chi connectivity index (χ1) is 14.6. The lowest BCUT2D eigenvalue weighted by Gasteiger charge is -2.55. The number of aliphatic carboxylic acids is 1. The topological polar surface area (TPSA) is 71.4 Å². The molecule has 2 fully saturated rings. The molecule has 2 saturated carbocycles. The lowest BCUT2D eigenvalue weighted by Crippen LogP contribution is -2.49. The summed E-state index contributed by atoms with van der Waals surface area (Å²) < 4.78 is 0. The lowest BCUT2D eigenvalue weighted by molar-refractivity contribution is -0.137. The van der Waals surface area contributed by atoms with Gasteiger partial charge in [-0.05, 0) is 85.7 Å². The predicted molar refractivity (Wildman–Crippen MR) is 123 cm³/mol. The average Bonchev–Trinajstić information content (AvgIpc) is 3.06. The summed E-state index contributed by atoms with van der Waals surface area (Å²) in [6.07, 6.45) is 16.2. The molecular formula is C27H40O4. The van der Waals surface area contributed by atoms with E-state index < -0.39 is 5.97 Å². The second-order valence-electron chi connectivity index (χ2n) is 10.8. The number of fused-ring (bicyclic) bond motifs is 5. The summed E-state index contributed by atoms with van der Waals surface area (Å²) in [6.45, 7) is 8.60. The molecule has 0 aromatic heterocycles. The van der Waals surface area contributed by atoms with E-state index in [1.54, 1.807) is 6.92 Å². The van der Waals surface area contributed by atoms with E-state index in [0.717, 1.165) is 32.1 Å². The summed E-state index contributed by atoms with van der Waals surface area (Å²) in [5.74, 6) is 2.14. The molecule has 0 aliphatic heterocycles. The minimum atomic E-state index is -0.682. The zero-order valence-electron chi connectivity index (χ0n) is 19.8. The third-order valence-corrected chi connectivity index (χ3v) is 9.00. The molecule has 0 aromatic rings. The third-order valence-electron chi connectivity index (χ3n) is 9.00. The van der Waals surface area contributed by atoms with Gasteiger partial charge in [0.15, 0.2) is 5.78 Å². The van der Waals surface area contributed by atoms with Gasteiger partial charge in [0.25, 0.3) is 0 Å². The molecule has 172 valence electrons. The van der Waals surface area contributed by atoms with Crippen LogP contribution < -0.4 is 0 Å². The Labute approximate surface area is 187 Å². The van der Waals surface area contributed by atoms with Crippen LogP contribution in [-0.2, 0) is 14.4 Å². The van der Waals surface area contributed by atoms with Gasteiger partial charge in [0.05, 0.1) is 0 Å². The minimum absolute atomic E-state index is 0.170. The predicted octanol–water partition coefficient (Wildman–Crippen LogP) is 6.15. The van der Waals surface area contributed by atoms with Crippen molar-refractivity contribution >= 4 is 17.5 Å². The first kappa shape index (κ1) is 23.9. The molecular weight excluding hydrogens is 388 g/mol. The zero-order valence-corrected chi connectivity index (χ0v) is 19.8. The van der Waals surface area contributed by atoms with E-state index in [1.165, 1.54) is 24.8 Å². The average molecular weight is 429 g/mol. The van der Waals surface area contributed by atoms with Gasteiger partial charge in [0, 0.05) is 18.8 Å². The fourth-order valence-electron chi connectivity index (χ4n) is 7.19. The van der Waals surface area contributed by atoms with Crippen LogP contribution in [0.1, 0.15) is 91.9 Å². The third kappa shape index (κ3) is 4.59. The van der Waals surface area contributed by atoms with Crippen LogP contribution in [0.4, 0.5) is 0 Å². The Morgan fingerprint density at radius 3 is 2.48 bits per heavy atom. The van der Waals surface area contributed by atoms with Gasteiger partial charge in [0.1, 0.15) is 5.78 Å². The molecule has 4 aliphatic rings. The van der Waals surface area contributed by atoms with Crippen LogP contribution in [0.25, 0.3) is 0 Å². The zero-order chi connectivity index (χ0) is 22.8. The number of unbranched alkanes of at least 4 members (excludes halogenated alkanes) is 2. The van der Waals surface area contributed by atoms with Crippen molar-refractivity contribution in [3.63, 3.8) is 0 Å². The molecule has 0 radical (unpaired) electrons. The Balaban J connectivity index is 0.000000293. The van der Waals surface area contributed by atoms with Crippen molar-refractivity contribution in [1.29, 1.82) is 0 Å². The smallest absolute Gasteiger partial charge is 0.303 e. The molecule has 0 amide bonds. The van der Waals surface area contributed by atoms with Crippen LogP contribution in [-0.4, -0.2) is 22.6 Å². The maximum atomic E-state index is 12.1. The van der Waals surface area contributed by atoms with Crippen molar-refractivity contribution in [3.05, 3.63) is 23.8 Å². The number of carbonyl (C=O) groups is 3. The number of carbonyl (C=O) groups excluding carboxylic acids is 2. The SMILES string of the molecule is CC(=O)[C@H]1CC[C@H]2[C@@H]3C=CC4=CC(=O)CC[C@@]4(C)[C@@H]3CC[C@]12C.CCCCCC(=O)O. The monoisotopic (exact) mass is 428 g/mol. The highest BCUT2D eigenvalue weighted by Gasteiger charge is 2.58. The number of carboxylic acid groups (broad SMARTS) is 1. The largest absolute Gasteiger partial charge is 0.481 e. The number of Topliss-reactive ketones (excluding diaryl/α,β-unsaturated/α-hetero) is 1. The Morgan fingerprint density at radius 1 is 1.10 bits per heavy atom. The number of ketones is 2. The molecule has 0 unspecified atom stereocenters. The summed E-state index contributed by atoms with van der Waals surface area (Å²) in [6, 6.07) is 0. The van der Waals surface area contributed by atoms with Crippen molar-refractivity contribution in [2.45, 2.75) is 91.9 Å². The number of carboxylic acids is 1. The van der Waals surface area contributed by atoms with E-state index in [0.29, 0.717) is 42.2 Å². The van der Waals surface area contributed by atoms with Crippen molar-refractivity contribution < 1.29 is 19.5 Å². The second kappa shape index (κ2) is 9.42. The fraction of sp³-hybridized carbons (Fsp3) is 0.741. The molecule has 6 atom stereocenters. The van der Waals surface area contributed by atoms with E-state index >= 15 is 0 Å². The Hall–Kier alpha value is -1.71. The number of hydrogen-bond donors (Lipinski definition) is 1. The molecule has 31 heavy (non-hydrogen) atoms. The Kier molecular flexibility index (Phi) is 7.28. The minimum Gasteiger partial charge on any atom is -0.481 e. The van der Waals surface area contributed by atoms with Gasteiger partial charge in [-0.1, -0.05) is 45.8 Å². The van der Waals surface area contributed by atoms with Gasteiger partial charge in [-0.3, -0.25) is 14.4 Å². The molecule has 0 heterocycles. The summed E-state index contributed by atoms with van der Waals surface area (Å²) in [5.41, 5.74) is 1.63. The first-order valence-corrected chi connectivity index (χ1v) is 12.3. The van der Waals surface area contributed by atoms with Crippen molar-refractivity contribution in [3.8, 4) is 0 Å². The maximum absolute atomic E-state index is 12.1. The molecule has 0 spiro atoms. The standard InChI is InChI=1S/C21H28O2.C6H12O2/c1-13(22)17-6-7-18-16-5-4-14-12-15(23)8-10-20(14,2)19(16)9-11-21(17,18)3;1-2-3-4-5-6(7)8/h4-5,12,16-19H,6-11H2,1-3H3;2-5H2,1H3,(H,7,8)/t16-,17+,18-,19+,20+,21+;/m0./s1. The van der Waals surface area contributed by atoms with E-state index in [2.05, 4.69) is 32.9 Å². The van der Waals surface area contributed by atoms with E-state index in [4.69, 9.17) is 5.11 Å². The van der Waals surface area contributed by atoms with Gasteiger partial charge in [-0.2, -0.15) is 0 Å². The molecule has 0 saturated heterocycles. The number of rotatable bonds is 5. The summed E-state index contributed by atoms with van der Waals surface area (Å²) >= 11 is 0. The van der Waals surface area contributed by atoms with Crippen LogP contribution in [0.5, 0.6) is 0 Å². The Morgan fingerprint density at radius 2 is 1.84 bits per heavy atom. The van der Waals surface area contributed by atoms with Crippen molar-refractivity contribution in [2.75, 3.05) is 0 Å². The van der Waals surface area contributed by atoms with Crippen LogP contribution in [0, 0.1) is 34.5 Å². The molecule has 4 rings (SSSR count). The van der Waals surface area contributed by atoms with E-state index in [9.17, 15) is 14.4 Å². The van der Waals surface area contributed by atoms with Gasteiger partial charge >= 0.3 is 5.97 Å². The van der Waals surface area contributed by atoms with Crippen molar-refractivity contribution in [2.24, 2.45) is 34.5 Å². The van der Waals surface area contributed by atoms with Crippen LogP contribution in [0.15, 0.2) is 23.8 Å². The molecule has 4 heteroatoms. The van der Waals surface area contributed by atoms with Gasteiger partial charge in [-0.25, -0.2) is 0 Å². The maximum Gasteiger partial charge on any atom is 0.303 e. The van der Waals surface area contributed by atoms with Crippen molar-refractivity contribution in [1.82, 2.24) is 0 Å². The molecule has 0 bridgehead atoms. The highest BCUT2D eigenvalue weighted by molar-refractivity contribution is 5.92. The summed E-state index contributed by atoms with van der Waals surface area (Å²) in [5, 5.41) is 8.14. The molecule has 1 N–H and O–H groups in total. The first-order valence-electron chi connectivity index (χ1n) is 12.3. The number of allylic oxidation sites excluding steroid dienone is 4. The van der Waals surface area contributed by atoms with Gasteiger partial charge in [0.2, 0.25) is 0 Å². The normalized spacial score (nSPS) is 38.2. The van der Waals surface area contributed by atoms with E-state index in [-0.39, 0.29) is 16.7 Å². The van der Waals surface area contributed by atoms with Crippen LogP contribution in [0.2, 0.25) is 0 Å². The van der Waals surface area contributed by atoms with Gasteiger partial charge in [-0.15, -0.1) is 0 Å². The Bertz CT molecular complexity index is 778. The highest BCUT2D eigenvalue weighted by Crippen LogP contribution is 2.65. The fourth-order valence-corrected chi connectivity index (χ4v) is 7.19. The summed E-state index contributed by atoms with van der Waals surface area (Å²) in [7, 11) is 0. The number of hydrogen-bond acceptors (Lipinski definition) is 3. The van der Waals surface area contributed by atoms with Crippen LogP contribution >= 0.6 is 0 Å².